The summed E-state index contributed by atoms with van der Waals surface area (Å²) in [6.45, 7) is 0. The van der Waals surface area contributed by atoms with E-state index in [4.69, 9.17) is 0 Å². The van der Waals surface area contributed by atoms with Gasteiger partial charge in [0.25, 0.3) is 31.6 Å². The first-order chi connectivity index (χ1) is 30.1. The van der Waals surface area contributed by atoms with Gasteiger partial charge in [0.1, 0.15) is 21.2 Å². The molecule has 0 aliphatic heterocycles. The van der Waals surface area contributed by atoms with Crippen molar-refractivity contribution in [3.8, 4) is 0 Å². The number of rotatable bonds is 14. The lowest BCUT2D eigenvalue weighted by Crippen LogP contribution is -2.04. The first-order valence-electron chi connectivity index (χ1n) is 17.5. The molecule has 0 radical (unpaired) electrons. The molecule has 4 N–H and O–H groups in total. The van der Waals surface area contributed by atoms with Crippen LogP contribution in [0.1, 0.15) is 11.1 Å². The summed E-state index contributed by atoms with van der Waals surface area (Å²) in [4.78, 5) is -4.11. The van der Waals surface area contributed by atoms with E-state index in [1.54, 1.807) is 60.7 Å². The van der Waals surface area contributed by atoms with Gasteiger partial charge < -0.3 is 10.4 Å². The van der Waals surface area contributed by atoms with E-state index in [9.17, 15) is 62.3 Å². The van der Waals surface area contributed by atoms with Gasteiger partial charge >= 0.3 is 20.2 Å². The standard InChI is InChI=1S/C38H28N8O14S4/c47-45(33-19-17-29(21-37(33)63(55,56)57)41-39-27-7-3-1-4-8-27)43-31-15-13-25(35(23-31)61(49,50)51)11-12-26-14-16-32(24-36(26)62(52,53)54)44-46(48)34-20-18-30(22-38(34)64(58,59)60)42-40-28-9-5-2-6-10-28/h1-24H,(H,49,50,51)(H,52,53,54)(H,55,56,57)(H,58,59,60)/b12-11-,41-39?,42-40?,45-43?,46-44?. The maximum atomic E-state index is 13.1. The van der Waals surface area contributed by atoms with Gasteiger partial charge in [0.2, 0.25) is 0 Å². The SMILES string of the molecule is O=S(=O)(O)c1cc(N=[N+]([O-])c2ccc(N=Nc3ccccc3)cc2S(=O)(=O)O)ccc1/C=C\c1ccc(N=[N+]([O-])c2ccc(N=Nc3ccccc3)cc2S(=O)(=O)O)cc1S(=O)(=O)O. The highest BCUT2D eigenvalue weighted by Crippen LogP contribution is 2.34. The van der Waals surface area contributed by atoms with E-state index in [-0.39, 0.29) is 32.2 Å². The minimum Gasteiger partial charge on any atom is -0.594 e. The monoisotopic (exact) mass is 948 g/mol. The Morgan fingerprint density at radius 1 is 0.375 bits per heavy atom. The summed E-state index contributed by atoms with van der Waals surface area (Å²) in [7, 11) is -20.4. The van der Waals surface area contributed by atoms with Gasteiger partial charge in [0.15, 0.2) is 9.79 Å². The molecule has 6 aromatic rings. The fourth-order valence-electron chi connectivity index (χ4n) is 5.47. The minimum atomic E-state index is -5.13. The Hall–Kier alpha value is -7.30. The third-order valence-electron chi connectivity index (χ3n) is 8.33. The second-order valence-corrected chi connectivity index (χ2v) is 18.4. The molecule has 0 saturated carbocycles. The zero-order valence-electron chi connectivity index (χ0n) is 31.9. The average molecular weight is 949 g/mol. The summed E-state index contributed by atoms with van der Waals surface area (Å²) in [5.74, 6) is 0. The smallest absolute Gasteiger partial charge is 0.301 e. The summed E-state index contributed by atoms with van der Waals surface area (Å²) in [5.41, 5.74) is -2.32. The Morgan fingerprint density at radius 2 is 0.672 bits per heavy atom. The van der Waals surface area contributed by atoms with Crippen molar-refractivity contribution >= 4 is 98.1 Å². The summed E-state index contributed by atoms with van der Waals surface area (Å²) in [6, 6.07) is 28.2. The molecule has 0 unspecified atom stereocenters. The lowest BCUT2D eigenvalue weighted by atomic mass is 10.1. The van der Waals surface area contributed by atoms with Gasteiger partial charge in [-0.2, -0.15) is 54.1 Å². The van der Waals surface area contributed by atoms with Crippen molar-refractivity contribution in [3.05, 3.63) is 155 Å². The first kappa shape index (κ1) is 46.2. The molecule has 0 atom stereocenters. The van der Waals surface area contributed by atoms with Gasteiger partial charge in [0.05, 0.1) is 22.7 Å². The molecule has 328 valence electrons. The van der Waals surface area contributed by atoms with Crippen LogP contribution in [0.4, 0.5) is 45.5 Å². The second kappa shape index (κ2) is 18.6. The Kier molecular flexibility index (Phi) is 13.4. The van der Waals surface area contributed by atoms with Crippen LogP contribution < -0.4 is 0 Å². The van der Waals surface area contributed by atoms with Gasteiger partial charge in [-0.15, -0.1) is 0 Å². The fraction of sp³-hybridized carbons (Fsp3) is 0. The molecule has 64 heavy (non-hydrogen) atoms. The fourth-order valence-corrected chi connectivity index (χ4v) is 8.24. The number of hydrogen-bond acceptors (Lipinski definition) is 16. The molecule has 0 aromatic heterocycles. The second-order valence-electron chi connectivity index (χ2n) is 12.8. The van der Waals surface area contributed by atoms with Crippen molar-refractivity contribution in [2.45, 2.75) is 19.6 Å². The van der Waals surface area contributed by atoms with E-state index in [0.29, 0.717) is 23.5 Å². The summed E-state index contributed by atoms with van der Waals surface area (Å²) < 4.78 is 139. The largest absolute Gasteiger partial charge is 0.594 e. The molecular weight excluding hydrogens is 921 g/mol. The molecule has 0 aliphatic rings. The quantitative estimate of drug-likeness (QED) is 0.0260. The van der Waals surface area contributed by atoms with E-state index in [1.807, 2.05) is 0 Å². The van der Waals surface area contributed by atoms with E-state index in [0.717, 1.165) is 60.7 Å². The van der Waals surface area contributed by atoms with Gasteiger partial charge in [-0.1, -0.05) is 60.7 Å². The van der Waals surface area contributed by atoms with Crippen LogP contribution in [-0.2, 0) is 40.5 Å². The number of hydrogen-bond donors (Lipinski definition) is 4. The van der Waals surface area contributed by atoms with Crippen LogP contribution in [0.5, 0.6) is 0 Å². The molecule has 0 heterocycles. The van der Waals surface area contributed by atoms with Gasteiger partial charge in [-0.25, -0.2) is 0 Å². The van der Waals surface area contributed by atoms with Gasteiger partial charge in [-0.05, 0) is 93.6 Å². The molecule has 0 bridgehead atoms. The number of benzene rings is 6. The molecule has 22 nitrogen and oxygen atoms in total. The molecule has 0 fully saturated rings. The lowest BCUT2D eigenvalue weighted by Gasteiger charge is -2.08. The van der Waals surface area contributed by atoms with Crippen molar-refractivity contribution in [2.75, 3.05) is 0 Å². The van der Waals surface area contributed by atoms with Gasteiger partial charge in [-0.3, -0.25) is 18.2 Å². The average Bonchev–Trinajstić information content (AvgIpc) is 3.24. The van der Waals surface area contributed by atoms with E-state index < -0.39 is 82.8 Å². The van der Waals surface area contributed by atoms with Crippen LogP contribution in [-0.4, -0.2) is 61.6 Å². The topological polar surface area (TPSA) is 344 Å². The van der Waals surface area contributed by atoms with Crippen LogP contribution in [0, 0.1) is 10.4 Å². The van der Waals surface area contributed by atoms with E-state index in [1.165, 1.54) is 12.1 Å². The highest BCUT2D eigenvalue weighted by Gasteiger charge is 2.26. The highest BCUT2D eigenvalue weighted by molar-refractivity contribution is 7.86. The predicted octanol–water partition coefficient (Wildman–Crippen LogP) is 9.53. The maximum absolute atomic E-state index is 13.1. The predicted molar refractivity (Wildman–Crippen MR) is 226 cm³/mol. The van der Waals surface area contributed by atoms with Crippen molar-refractivity contribution in [1.29, 1.82) is 0 Å². The molecule has 6 rings (SSSR count). The third kappa shape index (κ3) is 11.8. The zero-order valence-corrected chi connectivity index (χ0v) is 35.2. The Labute approximate surface area is 363 Å². The van der Waals surface area contributed by atoms with Crippen LogP contribution in [0.25, 0.3) is 12.2 Å². The van der Waals surface area contributed by atoms with Crippen LogP contribution in [0.3, 0.4) is 0 Å². The highest BCUT2D eigenvalue weighted by atomic mass is 32.2. The molecule has 0 saturated heterocycles. The normalized spacial score (nSPS) is 13.3. The third-order valence-corrected chi connectivity index (χ3v) is 11.9. The Morgan fingerprint density at radius 3 is 1.00 bits per heavy atom. The molecule has 26 heteroatoms. The molecule has 0 amide bonds. The molecule has 0 spiro atoms. The zero-order chi connectivity index (χ0) is 46.5. The first-order valence-corrected chi connectivity index (χ1v) is 23.3. The summed E-state index contributed by atoms with van der Waals surface area (Å²) >= 11 is 0. The Balaban J connectivity index is 1.31. The van der Waals surface area contributed by atoms with Crippen LogP contribution in [0.15, 0.2) is 184 Å². The Bertz CT molecular complexity index is 3180. The van der Waals surface area contributed by atoms with Crippen molar-refractivity contribution in [2.24, 2.45) is 30.7 Å². The van der Waals surface area contributed by atoms with Crippen LogP contribution in [0.2, 0.25) is 0 Å². The maximum Gasteiger partial charge on any atom is 0.301 e. The minimum absolute atomic E-state index is 0.0774. The summed E-state index contributed by atoms with van der Waals surface area (Å²) in [5, 5.41) is 49.2. The summed E-state index contributed by atoms with van der Waals surface area (Å²) in [6.07, 6.45) is 1.97. The molecular formula is C38H28N8O14S4. The molecule has 6 aromatic carbocycles. The van der Waals surface area contributed by atoms with E-state index >= 15 is 0 Å². The number of nitrogens with zero attached hydrogens (tertiary/aromatic N) is 8. The molecule has 0 aliphatic carbocycles. The van der Waals surface area contributed by atoms with Crippen molar-refractivity contribution in [3.63, 3.8) is 0 Å². The number of azo groups is 4. The van der Waals surface area contributed by atoms with Crippen molar-refractivity contribution in [1.82, 2.24) is 0 Å². The van der Waals surface area contributed by atoms with Crippen molar-refractivity contribution < 1.29 is 61.6 Å². The van der Waals surface area contributed by atoms with Gasteiger partial charge in [0, 0.05) is 22.4 Å². The van der Waals surface area contributed by atoms with E-state index in [2.05, 4.69) is 30.7 Å². The van der Waals surface area contributed by atoms with Crippen LogP contribution >= 0.6 is 0 Å². The lowest BCUT2D eigenvalue weighted by molar-refractivity contribution is -0.438.